The summed E-state index contributed by atoms with van der Waals surface area (Å²) in [5.74, 6) is 0.856. The Morgan fingerprint density at radius 2 is 2.21 bits per heavy atom. The number of nitrogens with zero attached hydrogens (tertiary/aromatic N) is 1. The average molecular weight is 250 g/mol. The summed E-state index contributed by atoms with van der Waals surface area (Å²) in [5.41, 5.74) is 1.69. The van der Waals surface area contributed by atoms with Gasteiger partial charge in [-0.3, -0.25) is 4.42 Å². The molecule has 2 aliphatic rings. The summed E-state index contributed by atoms with van der Waals surface area (Å²) in [7, 11) is 6.34. The van der Waals surface area contributed by atoms with Crippen LogP contribution in [0.1, 0.15) is 0 Å². The first kappa shape index (κ1) is 11.4. The highest BCUT2D eigenvalue weighted by Crippen LogP contribution is 2.34. The Labute approximate surface area is 95.0 Å². The number of ether oxygens (including phenoxy) is 1. The molecule has 6 heteroatoms. The standard InChI is InChI=1S/C8H8NO2S2.ClH/c1-10-5-3-4-6(11-2)8-7(5)9-13-12-8;/h3-4H,1-2H3;1H/q+1;/p-1. The SMILES string of the molecule is COc1ccc(=[O+]C)c2nssc1-2.[Cl-]. The second-order valence-electron chi connectivity index (χ2n) is 2.40. The fourth-order valence-electron chi connectivity index (χ4n) is 1.12. The normalized spacial score (nSPS) is 11.4. The zero-order valence-corrected chi connectivity index (χ0v) is 10.0. The van der Waals surface area contributed by atoms with E-state index in [0.717, 1.165) is 21.7 Å². The van der Waals surface area contributed by atoms with Crippen molar-refractivity contribution >= 4 is 20.9 Å². The molecule has 0 bridgehead atoms. The van der Waals surface area contributed by atoms with Gasteiger partial charge in [-0.1, -0.05) is 10.3 Å². The molecule has 0 spiro atoms. The lowest BCUT2D eigenvalue weighted by Crippen LogP contribution is -3.00. The number of fused-ring (bicyclic) bond motifs is 1. The van der Waals surface area contributed by atoms with Gasteiger partial charge in [0.05, 0.1) is 7.11 Å². The van der Waals surface area contributed by atoms with E-state index in [1.807, 2.05) is 12.1 Å². The van der Waals surface area contributed by atoms with Crippen LogP contribution >= 0.6 is 20.9 Å². The zero-order chi connectivity index (χ0) is 9.26. The highest BCUT2D eigenvalue weighted by Gasteiger charge is 2.19. The van der Waals surface area contributed by atoms with Crippen molar-refractivity contribution in [3.05, 3.63) is 22.0 Å². The number of benzene rings is 1. The summed E-state index contributed by atoms with van der Waals surface area (Å²) in [6.45, 7) is 0. The number of rotatable bonds is 1. The number of methoxy groups -OCH3 is 1. The molecule has 0 fully saturated rings. The molecule has 0 unspecified atom stereocenters. The van der Waals surface area contributed by atoms with Gasteiger partial charge >= 0.3 is 5.43 Å². The van der Waals surface area contributed by atoms with Gasteiger partial charge in [0.25, 0.3) is 7.11 Å². The van der Waals surface area contributed by atoms with E-state index < -0.39 is 0 Å². The van der Waals surface area contributed by atoms with Crippen molar-refractivity contribution in [1.82, 2.24) is 4.37 Å². The first-order chi connectivity index (χ1) is 6.36. The third-order valence-corrected chi connectivity index (χ3v) is 3.59. The monoisotopic (exact) mass is 249 g/mol. The Bertz CT molecular complexity index is 451. The van der Waals surface area contributed by atoms with Gasteiger partial charge in [0.1, 0.15) is 10.6 Å². The maximum atomic E-state index is 5.21. The van der Waals surface area contributed by atoms with Gasteiger partial charge < -0.3 is 17.1 Å². The molecule has 0 saturated carbocycles. The minimum absolute atomic E-state index is 0. The summed E-state index contributed by atoms with van der Waals surface area (Å²) >= 11 is 0. The highest BCUT2D eigenvalue weighted by atomic mass is 35.5. The van der Waals surface area contributed by atoms with Crippen molar-refractivity contribution < 1.29 is 17.1 Å². The smallest absolute Gasteiger partial charge is 0.371 e. The van der Waals surface area contributed by atoms with Crippen molar-refractivity contribution in [2.75, 3.05) is 14.2 Å². The van der Waals surface area contributed by atoms with E-state index in [0.29, 0.717) is 0 Å². The Hall–Kier alpha value is -0.650. The van der Waals surface area contributed by atoms with E-state index >= 15 is 0 Å². The molecule has 0 aromatic carbocycles. The zero-order valence-electron chi connectivity index (χ0n) is 7.61. The maximum Gasteiger partial charge on any atom is 0.371 e. The van der Waals surface area contributed by atoms with Gasteiger partial charge in [0.15, 0.2) is 0 Å². The van der Waals surface area contributed by atoms with E-state index in [-0.39, 0.29) is 12.4 Å². The lowest BCUT2D eigenvalue weighted by Gasteiger charge is -1.99. The van der Waals surface area contributed by atoms with Crippen LogP contribution in [0, 0.1) is 0 Å². The maximum absolute atomic E-state index is 5.21. The number of hydrogen-bond donors (Lipinski definition) is 0. The first-order valence-electron chi connectivity index (χ1n) is 3.66. The Morgan fingerprint density at radius 1 is 1.43 bits per heavy atom. The summed E-state index contributed by atoms with van der Waals surface area (Å²) in [6, 6.07) is 3.76. The summed E-state index contributed by atoms with van der Waals surface area (Å²) in [5, 5.41) is 0. The number of halogens is 1. The molecule has 3 nitrogen and oxygen atoms in total. The van der Waals surface area contributed by atoms with Gasteiger partial charge in [-0.25, -0.2) is 0 Å². The molecule has 1 heterocycles. The van der Waals surface area contributed by atoms with Crippen molar-refractivity contribution in [3.8, 4) is 16.3 Å². The fourth-order valence-corrected chi connectivity index (χ4v) is 3.05. The summed E-state index contributed by atoms with van der Waals surface area (Å²) in [4.78, 5) is 1.05. The first-order valence-corrected chi connectivity index (χ1v) is 5.77. The molecule has 0 aromatic rings. The quantitative estimate of drug-likeness (QED) is 0.472. The lowest BCUT2D eigenvalue weighted by molar-refractivity contribution is -0.00000287. The molecule has 1 aliphatic heterocycles. The van der Waals surface area contributed by atoms with Crippen LogP contribution < -0.4 is 22.6 Å². The van der Waals surface area contributed by atoms with Crippen LogP contribution in [-0.4, -0.2) is 18.6 Å². The molecule has 0 saturated heterocycles. The largest absolute Gasteiger partial charge is 1.00 e. The Morgan fingerprint density at radius 3 is 2.86 bits per heavy atom. The summed E-state index contributed by atoms with van der Waals surface area (Å²) in [6.07, 6.45) is 0. The van der Waals surface area contributed by atoms with Crippen molar-refractivity contribution in [2.45, 2.75) is 0 Å². The minimum atomic E-state index is 0. The van der Waals surface area contributed by atoms with Gasteiger partial charge in [0.2, 0.25) is 5.69 Å². The molecule has 2 rings (SSSR count). The molecule has 0 aromatic heterocycles. The van der Waals surface area contributed by atoms with Crippen LogP contribution in [0.5, 0.6) is 5.75 Å². The van der Waals surface area contributed by atoms with Gasteiger partial charge in [-0.2, -0.15) is 4.37 Å². The van der Waals surface area contributed by atoms with E-state index in [2.05, 4.69) is 4.37 Å². The van der Waals surface area contributed by atoms with Crippen molar-refractivity contribution in [3.63, 3.8) is 0 Å². The lowest BCUT2D eigenvalue weighted by atomic mass is 10.2. The van der Waals surface area contributed by atoms with Crippen LogP contribution in [0.3, 0.4) is 0 Å². The van der Waals surface area contributed by atoms with Crippen LogP contribution in [0.4, 0.5) is 0 Å². The second-order valence-corrected chi connectivity index (χ2v) is 4.25. The van der Waals surface area contributed by atoms with Gasteiger partial charge in [-0.05, 0) is 6.07 Å². The van der Waals surface area contributed by atoms with E-state index in [1.165, 1.54) is 10.5 Å². The van der Waals surface area contributed by atoms with Gasteiger partial charge in [0, 0.05) is 16.6 Å². The van der Waals surface area contributed by atoms with E-state index in [4.69, 9.17) is 9.16 Å². The third-order valence-electron chi connectivity index (χ3n) is 1.75. The molecule has 0 atom stereocenters. The van der Waals surface area contributed by atoms with Crippen LogP contribution in [0.25, 0.3) is 10.6 Å². The third kappa shape index (κ3) is 1.75. The fraction of sp³-hybridized carbons (Fsp3) is 0.250. The topological polar surface area (TPSA) is 33.4 Å². The predicted molar refractivity (Wildman–Crippen MR) is 55.4 cm³/mol. The summed E-state index contributed by atoms with van der Waals surface area (Å²) < 4.78 is 14.6. The molecule has 0 radical (unpaired) electrons. The minimum Gasteiger partial charge on any atom is -1.00 e. The molecule has 0 amide bonds. The molecule has 0 N–H and O–H groups in total. The van der Waals surface area contributed by atoms with Crippen LogP contribution in [0.15, 0.2) is 16.6 Å². The van der Waals surface area contributed by atoms with Crippen LogP contribution in [0.2, 0.25) is 0 Å². The predicted octanol–water partition coefficient (Wildman–Crippen LogP) is -1.15. The number of hydrogen-bond acceptors (Lipinski definition) is 4. The Balaban J connectivity index is 0.000000980. The molecular weight excluding hydrogens is 242 g/mol. The van der Waals surface area contributed by atoms with E-state index in [1.54, 1.807) is 24.6 Å². The molecule has 76 valence electrons. The van der Waals surface area contributed by atoms with Gasteiger partial charge in [-0.15, -0.1) is 0 Å². The second kappa shape index (κ2) is 4.72. The molecular formula is C8H8ClNO2S2. The molecule has 14 heavy (non-hydrogen) atoms. The van der Waals surface area contributed by atoms with Crippen molar-refractivity contribution in [1.29, 1.82) is 0 Å². The van der Waals surface area contributed by atoms with Crippen molar-refractivity contribution in [2.24, 2.45) is 0 Å². The van der Waals surface area contributed by atoms with E-state index in [9.17, 15) is 0 Å². The highest BCUT2D eigenvalue weighted by molar-refractivity contribution is 7.68. The number of aromatic nitrogens is 1. The molecule has 1 aliphatic carbocycles. The Kier molecular flexibility index (Phi) is 3.86. The van der Waals surface area contributed by atoms with Crippen LogP contribution in [-0.2, 0) is 0 Å². The average Bonchev–Trinajstić information content (AvgIpc) is 2.64.